The van der Waals surface area contributed by atoms with Crippen LogP contribution in [0.15, 0.2) is 23.2 Å². The van der Waals surface area contributed by atoms with Gasteiger partial charge in [0.1, 0.15) is 0 Å². The second-order valence-electron chi connectivity index (χ2n) is 4.08. The van der Waals surface area contributed by atoms with Crippen molar-refractivity contribution < 1.29 is 14.6 Å². The van der Waals surface area contributed by atoms with Crippen LogP contribution in [0.4, 0.5) is 5.69 Å². The van der Waals surface area contributed by atoms with Crippen molar-refractivity contribution in [3.8, 4) is 0 Å². The number of hydrogen-bond donors (Lipinski definition) is 1. The fourth-order valence-corrected chi connectivity index (χ4v) is 2.31. The molecule has 2 heterocycles. The Hall–Kier alpha value is -1.68. The third kappa shape index (κ3) is 1.34. The van der Waals surface area contributed by atoms with Crippen LogP contribution in [0.25, 0.3) is 0 Å². The molecule has 2 aliphatic heterocycles. The Morgan fingerprint density at radius 3 is 3.19 bits per heavy atom. The first-order valence-corrected chi connectivity index (χ1v) is 5.28. The third-order valence-corrected chi connectivity index (χ3v) is 3.12. The van der Waals surface area contributed by atoms with Gasteiger partial charge in [0.25, 0.3) is 0 Å². The predicted molar refractivity (Wildman–Crippen MR) is 58.7 cm³/mol. The number of rotatable bonds is 1. The Morgan fingerprint density at radius 1 is 1.50 bits per heavy atom. The molecule has 1 atom stereocenters. The number of aromatic carboxylic acids is 1. The van der Waals surface area contributed by atoms with Gasteiger partial charge in [0.15, 0.2) is 0 Å². The maximum atomic E-state index is 10.8. The predicted octanol–water partition coefficient (Wildman–Crippen LogP) is 1.97. The first kappa shape index (κ1) is 9.54. The molecule has 3 rings (SSSR count). The van der Waals surface area contributed by atoms with Crippen molar-refractivity contribution in [2.45, 2.75) is 12.3 Å². The molecule has 0 aliphatic carbocycles. The van der Waals surface area contributed by atoms with Gasteiger partial charge in [-0.15, -0.1) is 0 Å². The molecule has 1 fully saturated rings. The van der Waals surface area contributed by atoms with Gasteiger partial charge in [0.2, 0.25) is 0 Å². The van der Waals surface area contributed by atoms with E-state index >= 15 is 0 Å². The average Bonchev–Trinajstić information content (AvgIpc) is 2.66. The molecule has 0 spiro atoms. The van der Waals surface area contributed by atoms with Gasteiger partial charge in [-0.25, -0.2) is 4.79 Å². The topological polar surface area (TPSA) is 58.9 Å². The molecule has 4 nitrogen and oxygen atoms in total. The first-order chi connectivity index (χ1) is 7.75. The summed E-state index contributed by atoms with van der Waals surface area (Å²) in [5, 5.41) is 8.90. The lowest BCUT2D eigenvalue weighted by atomic mass is 9.91. The van der Waals surface area contributed by atoms with Crippen LogP contribution < -0.4 is 0 Å². The molecule has 0 aromatic heterocycles. The van der Waals surface area contributed by atoms with Crippen LogP contribution in [0.1, 0.15) is 28.3 Å². The van der Waals surface area contributed by atoms with Crippen LogP contribution in [-0.2, 0) is 4.74 Å². The lowest BCUT2D eigenvalue weighted by Crippen LogP contribution is -2.23. The standard InChI is InChI=1S/C12H11NO3/c14-12(15)7-1-2-8-9-3-4-16-6-11(9)13-10(8)5-7/h1-2,5,9H,3-4,6H2,(H,14,15). The SMILES string of the molecule is O=C(O)c1ccc2c(c1)N=C1COCCC12. The Kier molecular flexibility index (Phi) is 2.04. The Morgan fingerprint density at radius 2 is 2.38 bits per heavy atom. The van der Waals surface area contributed by atoms with Crippen molar-refractivity contribution in [3.05, 3.63) is 29.3 Å². The van der Waals surface area contributed by atoms with E-state index in [1.54, 1.807) is 12.1 Å². The molecule has 0 amide bonds. The lowest BCUT2D eigenvalue weighted by molar-refractivity contribution is 0.0697. The van der Waals surface area contributed by atoms with E-state index in [1.165, 1.54) is 0 Å². The zero-order valence-electron chi connectivity index (χ0n) is 8.64. The summed E-state index contributed by atoms with van der Waals surface area (Å²) in [7, 11) is 0. The highest BCUT2D eigenvalue weighted by Crippen LogP contribution is 2.39. The van der Waals surface area contributed by atoms with E-state index in [-0.39, 0.29) is 0 Å². The molecular weight excluding hydrogens is 206 g/mol. The molecule has 2 aliphatic rings. The van der Waals surface area contributed by atoms with Crippen LogP contribution in [0.2, 0.25) is 0 Å². The number of carboxylic acid groups (broad SMARTS) is 1. The second-order valence-corrected chi connectivity index (χ2v) is 4.08. The van der Waals surface area contributed by atoms with E-state index in [0.29, 0.717) is 18.1 Å². The fourth-order valence-electron chi connectivity index (χ4n) is 2.31. The molecule has 1 saturated heterocycles. The van der Waals surface area contributed by atoms with E-state index < -0.39 is 5.97 Å². The molecule has 16 heavy (non-hydrogen) atoms. The minimum atomic E-state index is -0.908. The van der Waals surface area contributed by atoms with Crippen LogP contribution >= 0.6 is 0 Å². The molecular formula is C12H11NO3. The number of hydrogen-bond acceptors (Lipinski definition) is 3. The molecule has 1 unspecified atom stereocenters. The van der Waals surface area contributed by atoms with Crippen LogP contribution in [0.3, 0.4) is 0 Å². The van der Waals surface area contributed by atoms with Crippen LogP contribution in [0.5, 0.6) is 0 Å². The highest BCUT2D eigenvalue weighted by atomic mass is 16.5. The number of carbonyl (C=O) groups is 1. The van der Waals surface area contributed by atoms with Crippen LogP contribution in [-0.4, -0.2) is 30.0 Å². The van der Waals surface area contributed by atoms with E-state index in [0.717, 1.165) is 30.0 Å². The number of benzene rings is 1. The molecule has 0 bridgehead atoms. The summed E-state index contributed by atoms with van der Waals surface area (Å²) in [6.45, 7) is 1.32. The molecule has 82 valence electrons. The smallest absolute Gasteiger partial charge is 0.335 e. The summed E-state index contributed by atoms with van der Waals surface area (Å²) in [5.74, 6) is -0.569. The molecule has 1 N–H and O–H groups in total. The highest BCUT2D eigenvalue weighted by molar-refractivity contribution is 6.00. The minimum Gasteiger partial charge on any atom is -0.478 e. The number of ether oxygens (including phenoxy) is 1. The van der Waals surface area contributed by atoms with Crippen LogP contribution in [0, 0.1) is 0 Å². The zero-order valence-corrected chi connectivity index (χ0v) is 8.64. The summed E-state index contributed by atoms with van der Waals surface area (Å²) in [4.78, 5) is 15.3. The van der Waals surface area contributed by atoms with Gasteiger partial charge in [-0.3, -0.25) is 4.99 Å². The molecule has 1 aromatic rings. The van der Waals surface area contributed by atoms with Crippen molar-refractivity contribution in [1.29, 1.82) is 0 Å². The third-order valence-electron chi connectivity index (χ3n) is 3.12. The Balaban J connectivity index is 2.05. The van der Waals surface area contributed by atoms with E-state index in [1.807, 2.05) is 6.07 Å². The van der Waals surface area contributed by atoms with Gasteiger partial charge >= 0.3 is 5.97 Å². The summed E-state index contributed by atoms with van der Waals surface area (Å²) < 4.78 is 5.35. The van der Waals surface area contributed by atoms with Gasteiger partial charge < -0.3 is 9.84 Å². The number of fused-ring (bicyclic) bond motifs is 3. The molecule has 0 saturated carbocycles. The highest BCUT2D eigenvalue weighted by Gasteiger charge is 2.30. The summed E-state index contributed by atoms with van der Waals surface area (Å²) in [6.07, 6.45) is 0.943. The molecule has 0 radical (unpaired) electrons. The van der Waals surface area contributed by atoms with Gasteiger partial charge in [0, 0.05) is 12.5 Å². The average molecular weight is 217 g/mol. The van der Waals surface area contributed by atoms with E-state index in [9.17, 15) is 4.79 Å². The summed E-state index contributed by atoms with van der Waals surface area (Å²) in [5.41, 5.74) is 3.26. The normalized spacial score (nSPS) is 22.2. The van der Waals surface area contributed by atoms with Gasteiger partial charge in [-0.1, -0.05) is 6.07 Å². The molecule has 4 heteroatoms. The van der Waals surface area contributed by atoms with Crippen molar-refractivity contribution in [2.75, 3.05) is 13.2 Å². The molecule has 1 aromatic carbocycles. The van der Waals surface area contributed by atoms with Crippen molar-refractivity contribution in [2.24, 2.45) is 4.99 Å². The quantitative estimate of drug-likeness (QED) is 0.782. The van der Waals surface area contributed by atoms with Gasteiger partial charge in [0.05, 0.1) is 23.6 Å². The largest absolute Gasteiger partial charge is 0.478 e. The van der Waals surface area contributed by atoms with Crippen molar-refractivity contribution >= 4 is 17.4 Å². The van der Waals surface area contributed by atoms with E-state index in [4.69, 9.17) is 9.84 Å². The summed E-state index contributed by atoms with van der Waals surface area (Å²) >= 11 is 0. The monoisotopic (exact) mass is 217 g/mol. The number of nitrogens with zero attached hydrogens (tertiary/aromatic N) is 1. The zero-order chi connectivity index (χ0) is 11.1. The van der Waals surface area contributed by atoms with Gasteiger partial charge in [-0.05, 0) is 24.1 Å². The second kappa shape index (κ2) is 3.42. The number of carboxylic acids is 1. The minimum absolute atomic E-state index is 0.294. The maximum Gasteiger partial charge on any atom is 0.335 e. The van der Waals surface area contributed by atoms with Gasteiger partial charge in [-0.2, -0.15) is 0 Å². The maximum absolute atomic E-state index is 10.8. The Labute approximate surface area is 92.6 Å². The van der Waals surface area contributed by atoms with E-state index in [2.05, 4.69) is 4.99 Å². The fraction of sp³-hybridized carbons (Fsp3) is 0.333. The summed E-state index contributed by atoms with van der Waals surface area (Å²) in [6, 6.07) is 5.17. The lowest BCUT2D eigenvalue weighted by Gasteiger charge is -2.19. The number of aliphatic imine (C=N–C) groups is 1. The van der Waals surface area contributed by atoms with Crippen molar-refractivity contribution in [1.82, 2.24) is 0 Å². The first-order valence-electron chi connectivity index (χ1n) is 5.28. The Bertz CT molecular complexity index is 493. The van der Waals surface area contributed by atoms with Crippen molar-refractivity contribution in [3.63, 3.8) is 0 Å².